The van der Waals surface area contributed by atoms with E-state index in [1.165, 1.54) is 6.07 Å². The zero-order valence-electron chi connectivity index (χ0n) is 10.3. The minimum absolute atomic E-state index is 0.0484. The van der Waals surface area contributed by atoms with E-state index in [1.807, 2.05) is 18.4 Å². The fourth-order valence-electron chi connectivity index (χ4n) is 1.94. The van der Waals surface area contributed by atoms with Gasteiger partial charge in [0.15, 0.2) is 0 Å². The lowest BCUT2D eigenvalue weighted by Gasteiger charge is -2.15. The van der Waals surface area contributed by atoms with Gasteiger partial charge in [0, 0.05) is 12.7 Å². The highest BCUT2D eigenvalue weighted by atomic mass is 79.9. The quantitative estimate of drug-likeness (QED) is 0.943. The maximum atomic E-state index is 13.4. The minimum atomic E-state index is -0.343. The van der Waals surface area contributed by atoms with Gasteiger partial charge in [-0.15, -0.1) is 0 Å². The zero-order valence-corrected chi connectivity index (χ0v) is 11.9. The molecule has 0 aliphatic heterocycles. The van der Waals surface area contributed by atoms with E-state index < -0.39 is 0 Å². The van der Waals surface area contributed by atoms with Crippen LogP contribution in [0.1, 0.15) is 19.9 Å². The maximum absolute atomic E-state index is 13.4. The SMILES string of the molecule is CCOCC(C)n1c(N)nc2cc(F)c(Br)cc21. The summed E-state index contributed by atoms with van der Waals surface area (Å²) in [6.45, 7) is 5.12. The van der Waals surface area contributed by atoms with E-state index in [0.29, 0.717) is 29.2 Å². The van der Waals surface area contributed by atoms with Gasteiger partial charge in [0.05, 0.1) is 28.2 Å². The van der Waals surface area contributed by atoms with Crippen LogP contribution in [0.4, 0.5) is 10.3 Å². The molecule has 0 saturated heterocycles. The number of ether oxygens (including phenoxy) is 1. The van der Waals surface area contributed by atoms with Gasteiger partial charge in [-0.1, -0.05) is 0 Å². The molecule has 0 aliphatic rings. The third kappa shape index (κ3) is 2.35. The highest BCUT2D eigenvalue weighted by molar-refractivity contribution is 9.10. The van der Waals surface area contributed by atoms with Crippen LogP contribution in [0.3, 0.4) is 0 Å². The molecule has 0 amide bonds. The van der Waals surface area contributed by atoms with Crippen LogP contribution in [0.5, 0.6) is 0 Å². The molecule has 0 fully saturated rings. The average molecular weight is 316 g/mol. The van der Waals surface area contributed by atoms with Crippen molar-refractivity contribution in [3.63, 3.8) is 0 Å². The van der Waals surface area contributed by atoms with Crippen molar-refractivity contribution in [2.24, 2.45) is 0 Å². The molecule has 0 radical (unpaired) electrons. The van der Waals surface area contributed by atoms with E-state index in [9.17, 15) is 4.39 Å². The first kappa shape index (κ1) is 13.3. The van der Waals surface area contributed by atoms with Crippen LogP contribution >= 0.6 is 15.9 Å². The van der Waals surface area contributed by atoms with Crippen LogP contribution in [0, 0.1) is 5.82 Å². The fraction of sp³-hybridized carbons (Fsp3) is 0.417. The molecule has 1 aromatic heterocycles. The van der Waals surface area contributed by atoms with E-state index in [1.54, 1.807) is 6.07 Å². The van der Waals surface area contributed by atoms with Crippen molar-refractivity contribution in [2.45, 2.75) is 19.9 Å². The Morgan fingerprint density at radius 1 is 1.56 bits per heavy atom. The van der Waals surface area contributed by atoms with Crippen LogP contribution in [0.25, 0.3) is 11.0 Å². The second-order valence-electron chi connectivity index (χ2n) is 4.10. The van der Waals surface area contributed by atoms with Gasteiger partial charge in [0.1, 0.15) is 5.82 Å². The molecule has 1 unspecified atom stereocenters. The molecule has 0 saturated carbocycles. The lowest BCUT2D eigenvalue weighted by Crippen LogP contribution is -2.14. The first-order valence-electron chi connectivity index (χ1n) is 5.74. The number of hydrogen-bond donors (Lipinski definition) is 1. The second-order valence-corrected chi connectivity index (χ2v) is 4.96. The molecule has 4 nitrogen and oxygen atoms in total. The topological polar surface area (TPSA) is 53.1 Å². The van der Waals surface area contributed by atoms with E-state index in [2.05, 4.69) is 20.9 Å². The Balaban J connectivity index is 2.49. The number of fused-ring (bicyclic) bond motifs is 1. The van der Waals surface area contributed by atoms with E-state index in [-0.39, 0.29) is 11.9 Å². The molecular formula is C12H15BrFN3O. The Morgan fingerprint density at radius 2 is 2.28 bits per heavy atom. The summed E-state index contributed by atoms with van der Waals surface area (Å²) in [6.07, 6.45) is 0. The number of nitrogen functional groups attached to an aromatic ring is 1. The number of hydrogen-bond acceptors (Lipinski definition) is 3. The van der Waals surface area contributed by atoms with Gasteiger partial charge in [0.2, 0.25) is 5.95 Å². The smallest absolute Gasteiger partial charge is 0.201 e. The molecular weight excluding hydrogens is 301 g/mol. The van der Waals surface area contributed by atoms with Crippen molar-refractivity contribution in [3.8, 4) is 0 Å². The Bertz CT molecular complexity index is 570. The number of halogens is 2. The molecule has 1 heterocycles. The van der Waals surface area contributed by atoms with Crippen molar-refractivity contribution in [3.05, 3.63) is 22.4 Å². The van der Waals surface area contributed by atoms with Crippen LogP contribution in [-0.4, -0.2) is 22.8 Å². The number of imidazole rings is 1. The summed E-state index contributed by atoms with van der Waals surface area (Å²) in [5.41, 5.74) is 7.24. The van der Waals surface area contributed by atoms with Gasteiger partial charge in [-0.3, -0.25) is 0 Å². The summed E-state index contributed by atoms with van der Waals surface area (Å²) < 4.78 is 21.1. The summed E-state index contributed by atoms with van der Waals surface area (Å²) in [4.78, 5) is 4.17. The molecule has 0 spiro atoms. The highest BCUT2D eigenvalue weighted by Crippen LogP contribution is 2.27. The first-order valence-corrected chi connectivity index (χ1v) is 6.54. The first-order chi connectivity index (χ1) is 8.54. The van der Waals surface area contributed by atoms with Gasteiger partial charge >= 0.3 is 0 Å². The average Bonchev–Trinajstić information content (AvgIpc) is 2.62. The Morgan fingerprint density at radius 3 is 2.94 bits per heavy atom. The fourth-order valence-corrected chi connectivity index (χ4v) is 2.27. The Labute approximate surface area is 113 Å². The number of benzene rings is 1. The molecule has 2 rings (SSSR count). The van der Waals surface area contributed by atoms with Gasteiger partial charge in [-0.05, 0) is 35.8 Å². The molecule has 1 aromatic carbocycles. The summed E-state index contributed by atoms with van der Waals surface area (Å²) in [5.74, 6) is 0.0271. The summed E-state index contributed by atoms with van der Waals surface area (Å²) in [6, 6.07) is 3.11. The van der Waals surface area contributed by atoms with Crippen LogP contribution < -0.4 is 5.73 Å². The molecule has 1 atom stereocenters. The van der Waals surface area contributed by atoms with Crippen LogP contribution in [0.2, 0.25) is 0 Å². The van der Waals surface area contributed by atoms with Crippen LogP contribution in [0.15, 0.2) is 16.6 Å². The number of nitrogens with two attached hydrogens (primary N) is 1. The zero-order chi connectivity index (χ0) is 13.3. The van der Waals surface area contributed by atoms with E-state index in [4.69, 9.17) is 10.5 Å². The van der Waals surface area contributed by atoms with Crippen LogP contribution in [-0.2, 0) is 4.74 Å². The van der Waals surface area contributed by atoms with Gasteiger partial charge in [-0.25, -0.2) is 9.37 Å². The van der Waals surface area contributed by atoms with Crippen molar-refractivity contribution in [1.82, 2.24) is 9.55 Å². The number of rotatable bonds is 4. The lowest BCUT2D eigenvalue weighted by molar-refractivity contribution is 0.120. The van der Waals surface area contributed by atoms with Crippen molar-refractivity contribution >= 4 is 32.9 Å². The molecule has 0 aliphatic carbocycles. The molecule has 98 valence electrons. The normalized spacial score (nSPS) is 13.1. The number of aromatic nitrogens is 2. The van der Waals surface area contributed by atoms with E-state index in [0.717, 1.165) is 5.52 Å². The number of anilines is 1. The monoisotopic (exact) mass is 315 g/mol. The summed E-state index contributed by atoms with van der Waals surface area (Å²) in [5, 5.41) is 0. The minimum Gasteiger partial charge on any atom is -0.380 e. The lowest BCUT2D eigenvalue weighted by atomic mass is 10.3. The molecule has 18 heavy (non-hydrogen) atoms. The number of nitrogens with zero attached hydrogens (tertiary/aromatic N) is 2. The molecule has 0 bridgehead atoms. The predicted octanol–water partition coefficient (Wildman–Crippen LogP) is 3.12. The largest absolute Gasteiger partial charge is 0.380 e. The summed E-state index contributed by atoms with van der Waals surface area (Å²) in [7, 11) is 0. The molecule has 2 aromatic rings. The third-order valence-electron chi connectivity index (χ3n) is 2.76. The van der Waals surface area contributed by atoms with E-state index >= 15 is 0 Å². The standard InChI is InChI=1S/C12H15BrFN3O/c1-3-18-6-7(2)17-11-4-8(13)9(14)5-10(11)16-12(17)15/h4-5,7H,3,6H2,1-2H3,(H2,15,16). The third-order valence-corrected chi connectivity index (χ3v) is 3.37. The van der Waals surface area contributed by atoms with Crippen molar-refractivity contribution in [1.29, 1.82) is 0 Å². The highest BCUT2D eigenvalue weighted by Gasteiger charge is 2.16. The second kappa shape index (κ2) is 5.24. The van der Waals surface area contributed by atoms with Crippen molar-refractivity contribution in [2.75, 3.05) is 18.9 Å². The molecule has 2 N–H and O–H groups in total. The predicted molar refractivity (Wildman–Crippen MR) is 73.0 cm³/mol. The molecule has 6 heteroatoms. The Kier molecular flexibility index (Phi) is 3.87. The Hall–Kier alpha value is -1.14. The van der Waals surface area contributed by atoms with Gasteiger partial charge in [-0.2, -0.15) is 0 Å². The van der Waals surface area contributed by atoms with Crippen molar-refractivity contribution < 1.29 is 9.13 Å². The maximum Gasteiger partial charge on any atom is 0.201 e. The van der Waals surface area contributed by atoms with Gasteiger partial charge in [0.25, 0.3) is 0 Å². The summed E-state index contributed by atoms with van der Waals surface area (Å²) >= 11 is 3.17. The van der Waals surface area contributed by atoms with Gasteiger partial charge < -0.3 is 15.0 Å².